The second kappa shape index (κ2) is 9.01. The van der Waals surface area contributed by atoms with Crippen molar-refractivity contribution < 1.29 is 5.11 Å². The van der Waals surface area contributed by atoms with Gasteiger partial charge in [-0.05, 0) is 48.9 Å². The van der Waals surface area contributed by atoms with E-state index in [1.54, 1.807) is 11.8 Å². The van der Waals surface area contributed by atoms with E-state index in [9.17, 15) is 5.11 Å². The fourth-order valence-electron chi connectivity index (χ4n) is 3.42. The molecule has 1 atom stereocenters. The molecule has 2 N–H and O–H groups in total. The standard InChI is InChI=1S/C23H23ClN2OS/c24-18-10-11-23-21(14-18)26(20-8-4-5-9-22(20)28-23)16-19(27)15-25-13-12-17-6-2-1-3-7-17/h1-11,14,19,25,27H,12-13,15-16H2. The second-order valence-electron chi connectivity index (χ2n) is 6.89. The Labute approximate surface area is 175 Å². The van der Waals surface area contributed by atoms with E-state index in [1.807, 2.05) is 30.3 Å². The molecule has 4 rings (SSSR count). The monoisotopic (exact) mass is 410 g/mol. The van der Waals surface area contributed by atoms with Gasteiger partial charge in [-0.3, -0.25) is 0 Å². The molecule has 0 saturated heterocycles. The van der Waals surface area contributed by atoms with Crippen LogP contribution in [-0.2, 0) is 6.42 Å². The Morgan fingerprint density at radius 1 is 0.929 bits per heavy atom. The predicted octanol–water partition coefficient (Wildman–Crippen LogP) is 5.14. The molecule has 1 aliphatic heterocycles. The molecule has 0 amide bonds. The van der Waals surface area contributed by atoms with E-state index in [2.05, 4.69) is 52.7 Å². The summed E-state index contributed by atoms with van der Waals surface area (Å²) in [6.45, 7) is 1.91. The van der Waals surface area contributed by atoms with E-state index in [0.29, 0.717) is 18.1 Å². The number of fused-ring (bicyclic) bond motifs is 2. The highest BCUT2D eigenvalue weighted by atomic mass is 35.5. The fourth-order valence-corrected chi connectivity index (χ4v) is 4.66. The van der Waals surface area contributed by atoms with Crippen molar-refractivity contribution in [2.45, 2.75) is 22.3 Å². The largest absolute Gasteiger partial charge is 0.390 e. The van der Waals surface area contributed by atoms with E-state index >= 15 is 0 Å². The summed E-state index contributed by atoms with van der Waals surface area (Å²) in [5.41, 5.74) is 3.47. The number of β-amino-alcohol motifs (C(OH)–C–C–N with tert-alkyl or cyclic N) is 1. The number of nitrogens with zero attached hydrogens (tertiary/aromatic N) is 1. The molecule has 0 fully saturated rings. The molecule has 144 valence electrons. The smallest absolute Gasteiger partial charge is 0.0843 e. The summed E-state index contributed by atoms with van der Waals surface area (Å²) in [4.78, 5) is 4.53. The third kappa shape index (κ3) is 4.53. The highest BCUT2D eigenvalue weighted by molar-refractivity contribution is 7.99. The summed E-state index contributed by atoms with van der Waals surface area (Å²) in [6, 6.07) is 24.6. The number of benzene rings is 3. The van der Waals surface area contributed by atoms with Crippen LogP contribution in [0.25, 0.3) is 0 Å². The van der Waals surface area contributed by atoms with Gasteiger partial charge in [-0.2, -0.15) is 0 Å². The zero-order valence-electron chi connectivity index (χ0n) is 15.5. The molecule has 1 heterocycles. The fraction of sp³-hybridized carbons (Fsp3) is 0.217. The maximum absolute atomic E-state index is 10.7. The van der Waals surface area contributed by atoms with Crippen molar-refractivity contribution in [1.82, 2.24) is 5.32 Å². The highest BCUT2D eigenvalue weighted by Gasteiger charge is 2.25. The van der Waals surface area contributed by atoms with Crippen LogP contribution in [0.15, 0.2) is 82.6 Å². The predicted molar refractivity (Wildman–Crippen MR) is 118 cm³/mol. The molecule has 3 aromatic rings. The van der Waals surface area contributed by atoms with E-state index in [0.717, 1.165) is 29.2 Å². The molecular weight excluding hydrogens is 388 g/mol. The molecule has 1 aliphatic rings. The quantitative estimate of drug-likeness (QED) is 0.529. The number of rotatable bonds is 7. The van der Waals surface area contributed by atoms with Crippen molar-refractivity contribution in [3.8, 4) is 0 Å². The molecule has 3 nitrogen and oxygen atoms in total. The number of aliphatic hydroxyl groups excluding tert-OH is 1. The van der Waals surface area contributed by atoms with Crippen LogP contribution in [0.1, 0.15) is 5.56 Å². The van der Waals surface area contributed by atoms with E-state index in [-0.39, 0.29) is 0 Å². The van der Waals surface area contributed by atoms with Gasteiger partial charge in [0, 0.05) is 21.4 Å². The van der Waals surface area contributed by atoms with Gasteiger partial charge < -0.3 is 15.3 Å². The average Bonchev–Trinajstić information content (AvgIpc) is 2.72. The van der Waals surface area contributed by atoms with Crippen LogP contribution in [0, 0.1) is 0 Å². The maximum Gasteiger partial charge on any atom is 0.0843 e. The van der Waals surface area contributed by atoms with Crippen LogP contribution in [0.3, 0.4) is 0 Å². The van der Waals surface area contributed by atoms with Crippen molar-refractivity contribution >= 4 is 34.7 Å². The van der Waals surface area contributed by atoms with Crippen molar-refractivity contribution in [1.29, 1.82) is 0 Å². The molecule has 0 aromatic heterocycles. The first-order valence-electron chi connectivity index (χ1n) is 9.47. The van der Waals surface area contributed by atoms with Gasteiger partial charge in [0.2, 0.25) is 0 Å². The molecule has 0 radical (unpaired) electrons. The Bertz CT molecular complexity index is 935. The van der Waals surface area contributed by atoms with Gasteiger partial charge in [-0.25, -0.2) is 0 Å². The Morgan fingerprint density at radius 3 is 2.54 bits per heavy atom. The van der Waals surface area contributed by atoms with Gasteiger partial charge in [0.25, 0.3) is 0 Å². The maximum atomic E-state index is 10.7. The molecule has 0 bridgehead atoms. The lowest BCUT2D eigenvalue weighted by Gasteiger charge is -2.34. The number of aliphatic hydroxyl groups is 1. The average molecular weight is 411 g/mol. The summed E-state index contributed by atoms with van der Waals surface area (Å²) < 4.78 is 0. The first kappa shape index (κ1) is 19.3. The SMILES string of the molecule is OC(CNCCc1ccccc1)CN1c2ccccc2Sc2ccc(Cl)cc21. The number of anilines is 2. The van der Waals surface area contributed by atoms with Gasteiger partial charge in [-0.1, -0.05) is 65.8 Å². The lowest BCUT2D eigenvalue weighted by Crippen LogP contribution is -2.37. The third-order valence-corrected chi connectivity index (χ3v) is 6.16. The van der Waals surface area contributed by atoms with Crippen LogP contribution >= 0.6 is 23.4 Å². The Kier molecular flexibility index (Phi) is 6.23. The molecule has 0 spiro atoms. The molecule has 0 aliphatic carbocycles. The number of hydrogen-bond donors (Lipinski definition) is 2. The summed E-state index contributed by atoms with van der Waals surface area (Å²) in [6.07, 6.45) is 0.466. The molecular formula is C23H23ClN2OS. The van der Waals surface area contributed by atoms with Crippen LogP contribution < -0.4 is 10.2 Å². The van der Waals surface area contributed by atoms with Crippen LogP contribution in [0.5, 0.6) is 0 Å². The van der Waals surface area contributed by atoms with E-state index < -0.39 is 6.10 Å². The lowest BCUT2D eigenvalue weighted by atomic mass is 10.1. The van der Waals surface area contributed by atoms with Crippen LogP contribution in [0.4, 0.5) is 11.4 Å². The van der Waals surface area contributed by atoms with Gasteiger partial charge in [-0.15, -0.1) is 0 Å². The summed E-state index contributed by atoms with van der Waals surface area (Å²) in [5.74, 6) is 0. The van der Waals surface area contributed by atoms with Crippen molar-refractivity contribution in [2.24, 2.45) is 0 Å². The van der Waals surface area contributed by atoms with Gasteiger partial charge >= 0.3 is 0 Å². The number of para-hydroxylation sites is 1. The second-order valence-corrected chi connectivity index (χ2v) is 8.41. The number of halogens is 1. The minimum Gasteiger partial charge on any atom is -0.390 e. The summed E-state index contributed by atoms with van der Waals surface area (Å²) in [7, 11) is 0. The number of hydrogen-bond acceptors (Lipinski definition) is 4. The molecule has 0 saturated carbocycles. The summed E-state index contributed by atoms with van der Waals surface area (Å²) >= 11 is 8.00. The first-order chi connectivity index (χ1) is 13.7. The van der Waals surface area contributed by atoms with Crippen LogP contribution in [0.2, 0.25) is 5.02 Å². The van der Waals surface area contributed by atoms with Crippen LogP contribution in [-0.4, -0.2) is 30.8 Å². The summed E-state index contributed by atoms with van der Waals surface area (Å²) in [5, 5.41) is 14.8. The Morgan fingerprint density at radius 2 is 1.68 bits per heavy atom. The third-order valence-electron chi connectivity index (χ3n) is 4.79. The van der Waals surface area contributed by atoms with Crippen molar-refractivity contribution in [3.05, 3.63) is 83.4 Å². The minimum atomic E-state index is -0.487. The molecule has 28 heavy (non-hydrogen) atoms. The van der Waals surface area contributed by atoms with Gasteiger partial charge in [0.05, 0.1) is 24.0 Å². The zero-order chi connectivity index (χ0) is 19.3. The van der Waals surface area contributed by atoms with Crippen molar-refractivity contribution in [3.63, 3.8) is 0 Å². The first-order valence-corrected chi connectivity index (χ1v) is 10.7. The highest BCUT2D eigenvalue weighted by Crippen LogP contribution is 2.48. The number of nitrogens with one attached hydrogen (secondary N) is 1. The zero-order valence-corrected chi connectivity index (χ0v) is 17.1. The topological polar surface area (TPSA) is 35.5 Å². The van der Waals surface area contributed by atoms with E-state index in [4.69, 9.17) is 11.6 Å². The lowest BCUT2D eigenvalue weighted by molar-refractivity contribution is 0.179. The normalized spacial score (nSPS) is 13.7. The molecule has 1 unspecified atom stereocenters. The molecule has 5 heteroatoms. The van der Waals surface area contributed by atoms with Gasteiger partial charge in [0.1, 0.15) is 0 Å². The van der Waals surface area contributed by atoms with Crippen molar-refractivity contribution in [2.75, 3.05) is 24.5 Å². The van der Waals surface area contributed by atoms with E-state index in [1.165, 1.54) is 10.5 Å². The molecule has 3 aromatic carbocycles. The van der Waals surface area contributed by atoms with Gasteiger partial charge in [0.15, 0.2) is 0 Å². The Balaban J connectivity index is 1.41. The minimum absolute atomic E-state index is 0.487. The Hall–Kier alpha value is -1.98.